The molecule has 0 aromatic heterocycles. The SMILES string of the molecule is CC(C)C[C@@H](C(=O)NN(C(=O)[C@@H](C)N)C(C)C)[C@H](C/C=C/c1ccccc1)C(=O)NO. The van der Waals surface area contributed by atoms with Gasteiger partial charge in [0.15, 0.2) is 0 Å². The Bertz CT molecular complexity index is 747. The highest BCUT2D eigenvalue weighted by atomic mass is 16.5. The molecule has 0 unspecified atom stereocenters. The molecule has 1 aromatic rings. The molecule has 31 heavy (non-hydrogen) atoms. The Kier molecular flexibility index (Phi) is 10.9. The molecule has 3 amide bonds. The second-order valence-corrected chi connectivity index (χ2v) is 8.43. The van der Waals surface area contributed by atoms with Gasteiger partial charge in [0.2, 0.25) is 11.8 Å². The zero-order valence-electron chi connectivity index (χ0n) is 19.0. The van der Waals surface area contributed by atoms with Crippen molar-refractivity contribution in [3.63, 3.8) is 0 Å². The zero-order chi connectivity index (χ0) is 23.6. The van der Waals surface area contributed by atoms with Gasteiger partial charge in [0.1, 0.15) is 0 Å². The van der Waals surface area contributed by atoms with Crippen LogP contribution in [0.2, 0.25) is 0 Å². The lowest BCUT2D eigenvalue weighted by molar-refractivity contribution is -0.149. The third kappa shape index (κ3) is 8.51. The summed E-state index contributed by atoms with van der Waals surface area (Å²) in [5, 5.41) is 10.5. The van der Waals surface area contributed by atoms with Crippen LogP contribution in [0.4, 0.5) is 0 Å². The number of rotatable bonds is 10. The number of carbonyl (C=O) groups excluding carboxylic acids is 3. The molecule has 172 valence electrons. The van der Waals surface area contributed by atoms with Crippen molar-refractivity contribution in [1.29, 1.82) is 0 Å². The van der Waals surface area contributed by atoms with Crippen LogP contribution in [0.25, 0.3) is 6.08 Å². The molecule has 0 aliphatic heterocycles. The van der Waals surface area contributed by atoms with Crippen LogP contribution in [0.5, 0.6) is 0 Å². The molecule has 0 spiro atoms. The number of hydroxylamine groups is 1. The van der Waals surface area contributed by atoms with Crippen LogP contribution in [-0.4, -0.2) is 40.0 Å². The van der Waals surface area contributed by atoms with E-state index >= 15 is 0 Å². The lowest BCUT2D eigenvalue weighted by atomic mass is 9.82. The van der Waals surface area contributed by atoms with Gasteiger partial charge in [0, 0.05) is 6.04 Å². The standard InChI is InChI=1S/C23H36N4O4/c1-15(2)14-20(21(28)25-27(16(3)4)23(30)17(5)24)19(22(29)26-31)13-9-12-18-10-7-6-8-11-18/h6-12,15-17,19-20,31H,13-14,24H2,1-5H3,(H,25,28)(H,26,29)/b12-9+/t17-,19+,20-/m1/s1. The summed E-state index contributed by atoms with van der Waals surface area (Å²) in [7, 11) is 0. The Morgan fingerprint density at radius 2 is 1.65 bits per heavy atom. The maximum Gasteiger partial charge on any atom is 0.257 e. The molecule has 0 saturated heterocycles. The first-order valence-corrected chi connectivity index (χ1v) is 10.6. The quantitative estimate of drug-likeness (QED) is 0.334. The fourth-order valence-corrected chi connectivity index (χ4v) is 3.27. The van der Waals surface area contributed by atoms with Crippen molar-refractivity contribution in [2.24, 2.45) is 23.5 Å². The van der Waals surface area contributed by atoms with Crippen molar-refractivity contribution >= 4 is 23.8 Å². The summed E-state index contributed by atoms with van der Waals surface area (Å²) in [6.07, 6.45) is 4.32. The molecule has 0 fully saturated rings. The van der Waals surface area contributed by atoms with Crippen LogP contribution < -0.4 is 16.6 Å². The predicted octanol–water partition coefficient (Wildman–Crippen LogP) is 2.49. The Balaban J connectivity index is 3.13. The van der Waals surface area contributed by atoms with Crippen molar-refractivity contribution in [3.05, 3.63) is 42.0 Å². The highest BCUT2D eigenvalue weighted by Gasteiger charge is 2.35. The maximum atomic E-state index is 13.2. The molecule has 8 heteroatoms. The van der Waals surface area contributed by atoms with Crippen molar-refractivity contribution in [3.8, 4) is 0 Å². The molecule has 1 rings (SSSR count). The Hall–Kier alpha value is -2.71. The molecule has 8 nitrogen and oxygen atoms in total. The maximum absolute atomic E-state index is 13.2. The van der Waals surface area contributed by atoms with Gasteiger partial charge in [0.25, 0.3) is 5.91 Å². The zero-order valence-corrected chi connectivity index (χ0v) is 19.0. The number of nitrogens with zero attached hydrogens (tertiary/aromatic N) is 1. The van der Waals surface area contributed by atoms with E-state index in [0.717, 1.165) is 5.56 Å². The minimum atomic E-state index is -0.813. The van der Waals surface area contributed by atoms with Gasteiger partial charge in [-0.25, -0.2) is 5.48 Å². The van der Waals surface area contributed by atoms with Crippen molar-refractivity contribution < 1.29 is 19.6 Å². The van der Waals surface area contributed by atoms with Crippen molar-refractivity contribution in [2.75, 3.05) is 0 Å². The molecule has 5 N–H and O–H groups in total. The molecule has 0 heterocycles. The summed E-state index contributed by atoms with van der Waals surface area (Å²) >= 11 is 0. The van der Waals surface area contributed by atoms with Gasteiger partial charge in [-0.1, -0.05) is 56.3 Å². The van der Waals surface area contributed by atoms with Crippen LogP contribution in [0.1, 0.15) is 53.0 Å². The molecular weight excluding hydrogens is 396 g/mol. The summed E-state index contributed by atoms with van der Waals surface area (Å²) in [6.45, 7) is 8.96. The predicted molar refractivity (Wildman–Crippen MR) is 120 cm³/mol. The largest absolute Gasteiger partial charge is 0.320 e. The third-order valence-electron chi connectivity index (χ3n) is 4.87. The Morgan fingerprint density at radius 3 is 2.13 bits per heavy atom. The smallest absolute Gasteiger partial charge is 0.257 e. The first-order chi connectivity index (χ1) is 14.6. The third-order valence-corrected chi connectivity index (χ3v) is 4.87. The number of benzene rings is 1. The number of nitrogens with two attached hydrogens (primary N) is 1. The molecular formula is C23H36N4O4. The topological polar surface area (TPSA) is 125 Å². The number of hydrogen-bond acceptors (Lipinski definition) is 5. The van der Waals surface area contributed by atoms with Gasteiger partial charge in [-0.2, -0.15) is 0 Å². The minimum Gasteiger partial charge on any atom is -0.320 e. The summed E-state index contributed by atoms with van der Waals surface area (Å²) in [4.78, 5) is 38.1. The van der Waals surface area contributed by atoms with E-state index in [0.29, 0.717) is 6.42 Å². The fraction of sp³-hybridized carbons (Fsp3) is 0.522. The molecule has 0 bridgehead atoms. The number of allylic oxidation sites excluding steroid dienone is 1. The highest BCUT2D eigenvalue weighted by molar-refractivity contribution is 5.89. The van der Waals surface area contributed by atoms with E-state index in [-0.39, 0.29) is 18.4 Å². The second-order valence-electron chi connectivity index (χ2n) is 8.43. The van der Waals surface area contributed by atoms with E-state index in [1.54, 1.807) is 26.3 Å². The van der Waals surface area contributed by atoms with Crippen LogP contribution >= 0.6 is 0 Å². The van der Waals surface area contributed by atoms with Crippen LogP contribution in [-0.2, 0) is 14.4 Å². The minimum absolute atomic E-state index is 0.111. The molecule has 0 saturated carbocycles. The van der Waals surface area contributed by atoms with Crippen LogP contribution in [0.15, 0.2) is 36.4 Å². The monoisotopic (exact) mass is 432 g/mol. The summed E-state index contributed by atoms with van der Waals surface area (Å²) in [5.74, 6) is -2.98. The lowest BCUT2D eigenvalue weighted by Crippen LogP contribution is -2.57. The van der Waals surface area contributed by atoms with Gasteiger partial charge in [-0.3, -0.25) is 30.0 Å². The first-order valence-electron chi connectivity index (χ1n) is 10.6. The lowest BCUT2D eigenvalue weighted by Gasteiger charge is -2.32. The first kappa shape index (κ1) is 26.3. The van der Waals surface area contributed by atoms with E-state index < -0.39 is 35.6 Å². The fourth-order valence-electron chi connectivity index (χ4n) is 3.27. The normalized spacial score (nSPS) is 14.4. The van der Waals surface area contributed by atoms with Gasteiger partial charge < -0.3 is 5.73 Å². The van der Waals surface area contributed by atoms with Crippen molar-refractivity contribution in [1.82, 2.24) is 15.9 Å². The Morgan fingerprint density at radius 1 is 1.03 bits per heavy atom. The molecule has 0 aliphatic rings. The average Bonchev–Trinajstić information content (AvgIpc) is 2.72. The second kappa shape index (κ2) is 12.9. The van der Waals surface area contributed by atoms with E-state index in [2.05, 4.69) is 5.43 Å². The Labute approximate surface area is 184 Å². The molecule has 3 atom stereocenters. The number of hydrogen-bond donors (Lipinski definition) is 4. The van der Waals surface area contributed by atoms with Crippen LogP contribution in [0, 0.1) is 17.8 Å². The number of amides is 3. The van der Waals surface area contributed by atoms with Gasteiger partial charge in [-0.05, 0) is 45.1 Å². The van der Waals surface area contributed by atoms with E-state index in [1.807, 2.05) is 56.3 Å². The highest BCUT2D eigenvalue weighted by Crippen LogP contribution is 2.25. The number of hydrazine groups is 1. The van der Waals surface area contributed by atoms with E-state index in [1.165, 1.54) is 5.01 Å². The van der Waals surface area contributed by atoms with E-state index in [9.17, 15) is 19.6 Å². The molecule has 0 radical (unpaired) electrons. The molecule has 1 aromatic carbocycles. The summed E-state index contributed by atoms with van der Waals surface area (Å²) < 4.78 is 0. The van der Waals surface area contributed by atoms with E-state index in [4.69, 9.17) is 5.73 Å². The summed E-state index contributed by atoms with van der Waals surface area (Å²) in [5.41, 5.74) is 11.0. The van der Waals surface area contributed by atoms with Crippen molar-refractivity contribution in [2.45, 2.75) is 59.5 Å². The summed E-state index contributed by atoms with van der Waals surface area (Å²) in [6, 6.07) is 8.48. The van der Waals surface area contributed by atoms with Gasteiger partial charge in [0.05, 0.1) is 17.9 Å². The molecule has 0 aliphatic carbocycles. The van der Waals surface area contributed by atoms with Gasteiger partial charge in [-0.15, -0.1) is 0 Å². The number of nitrogens with one attached hydrogen (secondary N) is 2. The van der Waals surface area contributed by atoms with Gasteiger partial charge >= 0.3 is 0 Å². The average molecular weight is 433 g/mol. The van der Waals surface area contributed by atoms with Crippen LogP contribution in [0.3, 0.4) is 0 Å². The number of carbonyl (C=O) groups is 3.